The van der Waals surface area contributed by atoms with Gasteiger partial charge in [-0.25, -0.2) is 9.78 Å². The first-order valence-corrected chi connectivity index (χ1v) is 9.63. The fraction of sp³-hybridized carbons (Fsp3) is 0.368. The molecular formula is C19H23ClN6O3. The minimum absolute atomic E-state index is 0.0552. The molecule has 2 aromatic heterocycles. The SMILES string of the molecule is CC[C@H](CO)Nc1nc(Nc2cc(Cl)cc(C(=O)O)c2)c2ncn(C(C)C)c2n1. The molecule has 0 amide bonds. The van der Waals surface area contributed by atoms with Crippen LogP contribution in [0.5, 0.6) is 0 Å². The van der Waals surface area contributed by atoms with Crippen molar-refractivity contribution < 1.29 is 15.0 Å². The Bertz CT molecular complexity index is 1030. The Labute approximate surface area is 172 Å². The molecule has 0 fully saturated rings. The number of hydrogen-bond acceptors (Lipinski definition) is 7. The van der Waals surface area contributed by atoms with E-state index in [2.05, 4.69) is 25.6 Å². The maximum atomic E-state index is 11.3. The predicted molar refractivity (Wildman–Crippen MR) is 112 cm³/mol. The van der Waals surface area contributed by atoms with E-state index in [1.807, 2.05) is 25.3 Å². The number of aliphatic hydroxyl groups excluding tert-OH is 1. The Hall–Kier alpha value is -2.91. The second-order valence-electron chi connectivity index (χ2n) is 6.90. The van der Waals surface area contributed by atoms with Crippen molar-refractivity contribution in [3.63, 3.8) is 0 Å². The fourth-order valence-electron chi connectivity index (χ4n) is 2.83. The van der Waals surface area contributed by atoms with Gasteiger partial charge in [-0.2, -0.15) is 9.97 Å². The zero-order chi connectivity index (χ0) is 21.1. The van der Waals surface area contributed by atoms with Gasteiger partial charge in [-0.1, -0.05) is 18.5 Å². The molecule has 154 valence electrons. The molecule has 0 radical (unpaired) electrons. The topological polar surface area (TPSA) is 125 Å². The highest BCUT2D eigenvalue weighted by Gasteiger charge is 2.17. The average molecular weight is 419 g/mol. The molecule has 1 atom stereocenters. The molecule has 0 unspecified atom stereocenters. The van der Waals surface area contributed by atoms with Gasteiger partial charge in [0, 0.05) is 16.8 Å². The number of nitrogens with zero attached hydrogens (tertiary/aromatic N) is 4. The molecule has 3 rings (SSSR count). The number of fused-ring (bicyclic) bond motifs is 1. The van der Waals surface area contributed by atoms with E-state index < -0.39 is 5.97 Å². The summed E-state index contributed by atoms with van der Waals surface area (Å²) in [5.41, 5.74) is 1.68. The normalized spacial score (nSPS) is 12.3. The van der Waals surface area contributed by atoms with Crippen molar-refractivity contribution in [2.45, 2.75) is 39.3 Å². The largest absolute Gasteiger partial charge is 0.478 e. The van der Waals surface area contributed by atoms with E-state index in [9.17, 15) is 15.0 Å². The van der Waals surface area contributed by atoms with Crippen LogP contribution in [0.3, 0.4) is 0 Å². The van der Waals surface area contributed by atoms with Gasteiger partial charge in [0.25, 0.3) is 0 Å². The number of aromatic nitrogens is 4. The summed E-state index contributed by atoms with van der Waals surface area (Å²) < 4.78 is 1.91. The zero-order valence-electron chi connectivity index (χ0n) is 16.3. The minimum Gasteiger partial charge on any atom is -0.478 e. The van der Waals surface area contributed by atoms with Crippen LogP contribution in [0.15, 0.2) is 24.5 Å². The molecule has 0 saturated carbocycles. The Morgan fingerprint density at radius 3 is 2.66 bits per heavy atom. The molecule has 3 aromatic rings. The van der Waals surface area contributed by atoms with Gasteiger partial charge in [0.05, 0.1) is 24.5 Å². The first-order valence-electron chi connectivity index (χ1n) is 9.25. The number of carboxylic acids is 1. The minimum atomic E-state index is -1.08. The van der Waals surface area contributed by atoms with Crippen LogP contribution in [0.25, 0.3) is 11.2 Å². The van der Waals surface area contributed by atoms with Gasteiger partial charge < -0.3 is 25.4 Å². The van der Waals surface area contributed by atoms with E-state index in [1.165, 1.54) is 12.1 Å². The lowest BCUT2D eigenvalue weighted by atomic mass is 10.2. The Morgan fingerprint density at radius 2 is 2.03 bits per heavy atom. The van der Waals surface area contributed by atoms with E-state index in [0.29, 0.717) is 35.0 Å². The van der Waals surface area contributed by atoms with Crippen molar-refractivity contribution >= 4 is 46.2 Å². The van der Waals surface area contributed by atoms with Crippen LogP contribution in [0.2, 0.25) is 5.02 Å². The van der Waals surface area contributed by atoms with E-state index in [1.54, 1.807) is 12.4 Å². The summed E-state index contributed by atoms with van der Waals surface area (Å²) in [7, 11) is 0. The van der Waals surface area contributed by atoms with Gasteiger partial charge in [-0.15, -0.1) is 0 Å². The summed E-state index contributed by atoms with van der Waals surface area (Å²) in [5, 5.41) is 25.3. The van der Waals surface area contributed by atoms with Crippen molar-refractivity contribution in [3.05, 3.63) is 35.1 Å². The number of carbonyl (C=O) groups is 1. The second-order valence-corrected chi connectivity index (χ2v) is 7.34. The van der Waals surface area contributed by atoms with Crippen LogP contribution in [0, 0.1) is 0 Å². The summed E-state index contributed by atoms with van der Waals surface area (Å²) in [6, 6.07) is 4.38. The van der Waals surface area contributed by atoms with Crippen LogP contribution in [-0.4, -0.2) is 48.4 Å². The molecule has 0 aliphatic carbocycles. The predicted octanol–water partition coefficient (Wildman–Crippen LogP) is 3.69. The third kappa shape index (κ3) is 4.57. The molecule has 0 saturated heterocycles. The van der Waals surface area contributed by atoms with Gasteiger partial charge in [0.2, 0.25) is 5.95 Å². The average Bonchev–Trinajstić information content (AvgIpc) is 3.10. The molecule has 2 heterocycles. The van der Waals surface area contributed by atoms with Gasteiger partial charge in [0.15, 0.2) is 17.0 Å². The van der Waals surface area contributed by atoms with E-state index in [0.717, 1.165) is 0 Å². The van der Waals surface area contributed by atoms with E-state index in [-0.39, 0.29) is 29.3 Å². The quantitative estimate of drug-likeness (QED) is 0.436. The Kier molecular flexibility index (Phi) is 6.19. The number of benzene rings is 1. The number of nitrogens with one attached hydrogen (secondary N) is 2. The number of carboxylic acid groups (broad SMARTS) is 1. The lowest BCUT2D eigenvalue weighted by Gasteiger charge is -2.16. The van der Waals surface area contributed by atoms with Crippen molar-refractivity contribution in [1.82, 2.24) is 19.5 Å². The molecule has 29 heavy (non-hydrogen) atoms. The van der Waals surface area contributed by atoms with Crippen LogP contribution >= 0.6 is 11.6 Å². The number of anilines is 3. The highest BCUT2D eigenvalue weighted by Crippen LogP contribution is 2.28. The Morgan fingerprint density at radius 1 is 1.28 bits per heavy atom. The summed E-state index contributed by atoms with van der Waals surface area (Å²) in [6.45, 7) is 5.92. The summed E-state index contributed by atoms with van der Waals surface area (Å²) >= 11 is 6.07. The summed E-state index contributed by atoms with van der Waals surface area (Å²) in [4.78, 5) is 24.8. The molecule has 0 aliphatic rings. The Balaban J connectivity index is 2.09. The van der Waals surface area contributed by atoms with Crippen LogP contribution < -0.4 is 10.6 Å². The molecule has 10 heteroatoms. The first-order chi connectivity index (χ1) is 13.8. The lowest BCUT2D eigenvalue weighted by Crippen LogP contribution is -2.24. The monoisotopic (exact) mass is 418 g/mol. The van der Waals surface area contributed by atoms with Crippen molar-refractivity contribution in [3.8, 4) is 0 Å². The number of aliphatic hydroxyl groups is 1. The van der Waals surface area contributed by atoms with Crippen LogP contribution in [0.1, 0.15) is 43.6 Å². The number of aromatic carboxylic acids is 1. The second kappa shape index (κ2) is 8.62. The van der Waals surface area contributed by atoms with Crippen LogP contribution in [-0.2, 0) is 0 Å². The maximum absolute atomic E-state index is 11.3. The maximum Gasteiger partial charge on any atom is 0.335 e. The smallest absolute Gasteiger partial charge is 0.335 e. The lowest BCUT2D eigenvalue weighted by molar-refractivity contribution is 0.0697. The molecule has 4 N–H and O–H groups in total. The summed E-state index contributed by atoms with van der Waals surface area (Å²) in [5.74, 6) is -0.337. The zero-order valence-corrected chi connectivity index (χ0v) is 17.1. The number of rotatable bonds is 8. The third-order valence-corrected chi connectivity index (χ3v) is 4.65. The van der Waals surface area contributed by atoms with Crippen molar-refractivity contribution in [2.24, 2.45) is 0 Å². The molecular weight excluding hydrogens is 396 g/mol. The number of hydrogen-bond donors (Lipinski definition) is 4. The van der Waals surface area contributed by atoms with Crippen molar-refractivity contribution in [1.29, 1.82) is 0 Å². The van der Waals surface area contributed by atoms with Gasteiger partial charge in [-0.05, 0) is 38.5 Å². The number of halogens is 1. The van der Waals surface area contributed by atoms with Crippen LogP contribution in [0.4, 0.5) is 17.5 Å². The third-order valence-electron chi connectivity index (χ3n) is 4.43. The summed E-state index contributed by atoms with van der Waals surface area (Å²) in [6.07, 6.45) is 2.38. The van der Waals surface area contributed by atoms with E-state index >= 15 is 0 Å². The van der Waals surface area contributed by atoms with Gasteiger partial charge in [-0.3, -0.25) is 0 Å². The molecule has 0 spiro atoms. The van der Waals surface area contributed by atoms with E-state index in [4.69, 9.17) is 11.6 Å². The molecule has 0 bridgehead atoms. The molecule has 1 aromatic carbocycles. The molecule has 0 aliphatic heterocycles. The highest BCUT2D eigenvalue weighted by atomic mass is 35.5. The highest BCUT2D eigenvalue weighted by molar-refractivity contribution is 6.31. The first kappa shape index (κ1) is 20.8. The van der Waals surface area contributed by atoms with Crippen molar-refractivity contribution in [2.75, 3.05) is 17.2 Å². The fourth-order valence-corrected chi connectivity index (χ4v) is 3.06. The number of imidazole rings is 1. The van der Waals surface area contributed by atoms with Gasteiger partial charge in [0.1, 0.15) is 0 Å². The molecule has 9 nitrogen and oxygen atoms in total. The van der Waals surface area contributed by atoms with Gasteiger partial charge >= 0.3 is 5.97 Å². The standard InChI is InChI=1S/C19H23ClN6O3/c1-4-13(8-27)23-19-24-16(15-17(25-19)26(9-21-15)10(2)3)22-14-6-11(18(28)29)5-12(20)7-14/h5-7,9-10,13,27H,4,8H2,1-3H3,(H,28,29)(H2,22,23,24,25)/t13-/m1/s1.